The predicted molar refractivity (Wildman–Crippen MR) is 108 cm³/mol. The number of anilines is 1. The highest BCUT2D eigenvalue weighted by Gasteiger charge is 2.09. The SMILES string of the molecule is CCC(C)NC(=O)c1ccc(NC(=S)NC(=O)Cc2ccccc2)cc1. The summed E-state index contributed by atoms with van der Waals surface area (Å²) >= 11 is 5.16. The number of hydrogen-bond acceptors (Lipinski definition) is 3. The predicted octanol–water partition coefficient (Wildman–Crippen LogP) is 3.27. The van der Waals surface area contributed by atoms with Gasteiger partial charge in [-0.2, -0.15) is 0 Å². The summed E-state index contributed by atoms with van der Waals surface area (Å²) in [6.45, 7) is 3.98. The van der Waals surface area contributed by atoms with Crippen LogP contribution < -0.4 is 16.0 Å². The van der Waals surface area contributed by atoms with Crippen LogP contribution in [-0.4, -0.2) is 23.0 Å². The first-order valence-electron chi connectivity index (χ1n) is 8.53. The Morgan fingerprint density at radius 2 is 1.69 bits per heavy atom. The zero-order chi connectivity index (χ0) is 18.9. The van der Waals surface area contributed by atoms with Crippen LogP contribution in [0.5, 0.6) is 0 Å². The molecule has 6 heteroatoms. The van der Waals surface area contributed by atoms with Crippen LogP contribution in [0.1, 0.15) is 36.2 Å². The lowest BCUT2D eigenvalue weighted by Crippen LogP contribution is -2.35. The van der Waals surface area contributed by atoms with E-state index in [0.29, 0.717) is 11.3 Å². The first kappa shape index (κ1) is 19.6. The van der Waals surface area contributed by atoms with Gasteiger partial charge in [-0.25, -0.2) is 0 Å². The number of hydrogen-bond donors (Lipinski definition) is 3. The van der Waals surface area contributed by atoms with E-state index in [-0.39, 0.29) is 29.4 Å². The number of thiocarbonyl (C=S) groups is 1. The number of nitrogens with one attached hydrogen (secondary N) is 3. The number of carbonyl (C=O) groups is 2. The number of amides is 2. The molecule has 0 radical (unpaired) electrons. The van der Waals surface area contributed by atoms with Gasteiger partial charge in [-0.1, -0.05) is 37.3 Å². The van der Waals surface area contributed by atoms with Gasteiger partial charge < -0.3 is 16.0 Å². The van der Waals surface area contributed by atoms with Gasteiger partial charge in [0.25, 0.3) is 5.91 Å². The van der Waals surface area contributed by atoms with E-state index in [1.54, 1.807) is 24.3 Å². The highest BCUT2D eigenvalue weighted by atomic mass is 32.1. The van der Waals surface area contributed by atoms with Crippen molar-refractivity contribution in [1.82, 2.24) is 10.6 Å². The first-order valence-corrected chi connectivity index (χ1v) is 8.94. The molecule has 1 unspecified atom stereocenters. The first-order chi connectivity index (χ1) is 12.5. The van der Waals surface area contributed by atoms with Gasteiger partial charge in [-0.3, -0.25) is 9.59 Å². The zero-order valence-corrected chi connectivity index (χ0v) is 15.7. The highest BCUT2D eigenvalue weighted by molar-refractivity contribution is 7.80. The van der Waals surface area contributed by atoms with E-state index in [1.165, 1.54) is 0 Å². The molecule has 0 aliphatic carbocycles. The molecule has 5 nitrogen and oxygen atoms in total. The highest BCUT2D eigenvalue weighted by Crippen LogP contribution is 2.10. The summed E-state index contributed by atoms with van der Waals surface area (Å²) in [5, 5.41) is 8.73. The Hall–Kier alpha value is -2.73. The van der Waals surface area contributed by atoms with Crippen molar-refractivity contribution in [2.45, 2.75) is 32.7 Å². The molecule has 0 spiro atoms. The molecule has 136 valence electrons. The molecule has 2 rings (SSSR count). The van der Waals surface area contributed by atoms with Crippen LogP contribution in [0.15, 0.2) is 54.6 Å². The van der Waals surface area contributed by atoms with Crippen molar-refractivity contribution in [1.29, 1.82) is 0 Å². The summed E-state index contributed by atoms with van der Waals surface area (Å²) in [5.74, 6) is -0.289. The molecule has 2 amide bonds. The van der Waals surface area contributed by atoms with Gasteiger partial charge in [0.1, 0.15) is 0 Å². The third kappa shape index (κ3) is 6.29. The molecule has 0 saturated carbocycles. The molecule has 2 aromatic rings. The molecule has 3 N–H and O–H groups in total. The number of benzene rings is 2. The van der Waals surface area contributed by atoms with Crippen molar-refractivity contribution in [2.75, 3.05) is 5.32 Å². The average Bonchev–Trinajstić information content (AvgIpc) is 2.62. The minimum Gasteiger partial charge on any atom is -0.350 e. The van der Waals surface area contributed by atoms with E-state index in [4.69, 9.17) is 12.2 Å². The van der Waals surface area contributed by atoms with Crippen molar-refractivity contribution in [3.63, 3.8) is 0 Å². The van der Waals surface area contributed by atoms with Crippen LogP contribution >= 0.6 is 12.2 Å². The van der Waals surface area contributed by atoms with Gasteiger partial charge in [0.15, 0.2) is 5.11 Å². The van der Waals surface area contributed by atoms with Gasteiger partial charge >= 0.3 is 0 Å². The Balaban J connectivity index is 1.85. The fraction of sp³-hybridized carbons (Fsp3) is 0.250. The van der Waals surface area contributed by atoms with Crippen LogP contribution in [0, 0.1) is 0 Å². The standard InChI is InChI=1S/C20H23N3O2S/c1-3-14(2)21-19(25)16-9-11-17(12-10-16)22-20(26)23-18(24)13-15-7-5-4-6-8-15/h4-12,14H,3,13H2,1-2H3,(H,21,25)(H2,22,23,24,26). The molecule has 0 aliphatic rings. The van der Waals surface area contributed by atoms with Crippen molar-refractivity contribution < 1.29 is 9.59 Å². The molecule has 0 saturated heterocycles. The molecule has 0 aromatic heterocycles. The summed E-state index contributed by atoms with van der Waals surface area (Å²) in [7, 11) is 0. The lowest BCUT2D eigenvalue weighted by molar-refractivity contribution is -0.119. The molecular weight excluding hydrogens is 346 g/mol. The maximum Gasteiger partial charge on any atom is 0.251 e. The summed E-state index contributed by atoms with van der Waals surface area (Å²) in [4.78, 5) is 24.0. The smallest absolute Gasteiger partial charge is 0.251 e. The van der Waals surface area contributed by atoms with E-state index in [0.717, 1.165) is 12.0 Å². The molecule has 0 heterocycles. The normalized spacial score (nSPS) is 11.3. The van der Waals surface area contributed by atoms with Crippen molar-refractivity contribution in [3.8, 4) is 0 Å². The van der Waals surface area contributed by atoms with E-state index >= 15 is 0 Å². The summed E-state index contributed by atoms with van der Waals surface area (Å²) < 4.78 is 0. The van der Waals surface area contributed by atoms with Crippen molar-refractivity contribution in [2.24, 2.45) is 0 Å². The molecule has 1 atom stereocenters. The fourth-order valence-electron chi connectivity index (χ4n) is 2.23. The molecule has 26 heavy (non-hydrogen) atoms. The van der Waals surface area contributed by atoms with Crippen LogP contribution in [0.4, 0.5) is 5.69 Å². The van der Waals surface area contributed by atoms with Gasteiger partial charge in [0.2, 0.25) is 5.91 Å². The maximum atomic E-state index is 12.1. The number of carbonyl (C=O) groups excluding carboxylic acids is 2. The molecule has 0 aliphatic heterocycles. The monoisotopic (exact) mass is 369 g/mol. The fourth-order valence-corrected chi connectivity index (χ4v) is 2.46. The lowest BCUT2D eigenvalue weighted by atomic mass is 10.1. The Bertz CT molecular complexity index is 760. The van der Waals surface area contributed by atoms with Gasteiger partial charge in [-0.05, 0) is 55.4 Å². The second-order valence-corrected chi connectivity index (χ2v) is 6.43. The van der Waals surface area contributed by atoms with Gasteiger partial charge in [0.05, 0.1) is 6.42 Å². The Morgan fingerprint density at radius 1 is 1.04 bits per heavy atom. The zero-order valence-electron chi connectivity index (χ0n) is 14.9. The van der Waals surface area contributed by atoms with Crippen molar-refractivity contribution in [3.05, 3.63) is 65.7 Å². The molecule has 2 aromatic carbocycles. The van der Waals surface area contributed by atoms with Gasteiger partial charge in [0, 0.05) is 17.3 Å². The van der Waals surface area contributed by atoms with E-state index < -0.39 is 0 Å². The maximum absolute atomic E-state index is 12.1. The number of rotatable bonds is 6. The minimum atomic E-state index is -0.182. The largest absolute Gasteiger partial charge is 0.350 e. The van der Waals surface area contributed by atoms with Crippen LogP contribution in [0.2, 0.25) is 0 Å². The summed E-state index contributed by atoms with van der Waals surface area (Å²) in [5.41, 5.74) is 2.20. The van der Waals surface area contributed by atoms with Crippen LogP contribution in [0.25, 0.3) is 0 Å². The summed E-state index contributed by atoms with van der Waals surface area (Å²) in [6.07, 6.45) is 1.14. The minimum absolute atomic E-state index is 0.107. The van der Waals surface area contributed by atoms with E-state index in [2.05, 4.69) is 16.0 Å². The van der Waals surface area contributed by atoms with Crippen LogP contribution in [-0.2, 0) is 11.2 Å². The molecule has 0 fully saturated rings. The third-order valence-corrected chi connectivity index (χ3v) is 4.06. The van der Waals surface area contributed by atoms with Gasteiger partial charge in [-0.15, -0.1) is 0 Å². The Labute approximate surface area is 159 Å². The topological polar surface area (TPSA) is 70.2 Å². The second-order valence-electron chi connectivity index (χ2n) is 6.02. The van der Waals surface area contributed by atoms with E-state index in [1.807, 2.05) is 44.2 Å². The molecular formula is C20H23N3O2S. The Kier molecular flexibility index (Phi) is 7.29. The lowest BCUT2D eigenvalue weighted by Gasteiger charge is -2.12. The Morgan fingerprint density at radius 3 is 2.31 bits per heavy atom. The van der Waals surface area contributed by atoms with E-state index in [9.17, 15) is 9.59 Å². The third-order valence-electron chi connectivity index (χ3n) is 3.86. The van der Waals surface area contributed by atoms with Crippen molar-refractivity contribution >= 4 is 34.8 Å². The quantitative estimate of drug-likeness (QED) is 0.684. The summed E-state index contributed by atoms with van der Waals surface area (Å²) in [6, 6.07) is 16.5. The second kappa shape index (κ2) is 9.68. The average molecular weight is 369 g/mol. The molecule has 0 bridgehead atoms. The van der Waals surface area contributed by atoms with Crippen LogP contribution in [0.3, 0.4) is 0 Å².